The minimum Gasteiger partial charge on any atom is -0.346 e. The van der Waals surface area contributed by atoms with Crippen LogP contribution in [0.1, 0.15) is 65.4 Å². The maximum atomic E-state index is 12.8. The molecule has 0 spiro atoms. The number of benzene rings is 1. The zero-order chi connectivity index (χ0) is 17.9. The largest absolute Gasteiger partial charge is 0.346 e. The van der Waals surface area contributed by atoms with Crippen molar-refractivity contribution in [2.24, 2.45) is 11.1 Å². The number of rotatable bonds is 7. The topological polar surface area (TPSA) is 72.9 Å². The van der Waals surface area contributed by atoms with Crippen LogP contribution in [0, 0.1) is 5.41 Å². The van der Waals surface area contributed by atoms with Crippen molar-refractivity contribution in [2.75, 3.05) is 6.54 Å². The van der Waals surface area contributed by atoms with E-state index >= 15 is 0 Å². The zero-order valence-corrected chi connectivity index (χ0v) is 17.9. The minimum atomic E-state index is -0.497. The highest BCUT2D eigenvalue weighted by molar-refractivity contribution is 5.85. The summed E-state index contributed by atoms with van der Waals surface area (Å²) in [6, 6.07) is 8.18. The van der Waals surface area contributed by atoms with E-state index in [-0.39, 0.29) is 42.8 Å². The second-order valence-corrected chi connectivity index (χ2v) is 6.81. The summed E-state index contributed by atoms with van der Waals surface area (Å²) in [4.78, 5) is 17.6. The Labute approximate surface area is 168 Å². The molecule has 0 aliphatic rings. The number of halogens is 2. The summed E-state index contributed by atoms with van der Waals surface area (Å²) in [6.45, 7) is 10.7. The second kappa shape index (κ2) is 10.1. The van der Waals surface area contributed by atoms with E-state index in [4.69, 9.17) is 10.7 Å². The smallest absolute Gasteiger partial charge is 0.228 e. The summed E-state index contributed by atoms with van der Waals surface area (Å²) in [5, 5.41) is 3.14. The number of imidazole rings is 1. The Morgan fingerprint density at radius 1 is 1.19 bits per heavy atom. The molecule has 0 radical (unpaired) electrons. The van der Waals surface area contributed by atoms with Crippen LogP contribution in [0.25, 0.3) is 11.0 Å². The van der Waals surface area contributed by atoms with E-state index in [1.54, 1.807) is 0 Å². The first-order valence-electron chi connectivity index (χ1n) is 8.88. The number of nitrogens with zero attached hydrogens (tertiary/aromatic N) is 2. The lowest BCUT2D eigenvalue weighted by Gasteiger charge is -2.30. The number of carbonyl (C=O) groups is 1. The first-order chi connectivity index (χ1) is 11.4. The highest BCUT2D eigenvalue weighted by Gasteiger charge is 2.34. The van der Waals surface area contributed by atoms with Crippen molar-refractivity contribution in [1.82, 2.24) is 14.9 Å². The fourth-order valence-electron chi connectivity index (χ4n) is 3.28. The third kappa shape index (κ3) is 4.51. The van der Waals surface area contributed by atoms with Crippen LogP contribution in [0.15, 0.2) is 24.3 Å². The number of fused-ring (bicyclic) bond motifs is 1. The molecule has 1 unspecified atom stereocenters. The molecule has 1 aromatic heterocycles. The fourth-order valence-corrected chi connectivity index (χ4v) is 3.28. The van der Waals surface area contributed by atoms with Gasteiger partial charge in [-0.25, -0.2) is 4.98 Å². The molecule has 5 nitrogen and oxygen atoms in total. The first kappa shape index (κ1) is 24.7. The molecule has 0 aliphatic carbocycles. The van der Waals surface area contributed by atoms with Crippen molar-refractivity contribution in [2.45, 2.75) is 59.5 Å². The van der Waals surface area contributed by atoms with Crippen LogP contribution in [0.2, 0.25) is 0 Å². The Morgan fingerprint density at radius 2 is 1.77 bits per heavy atom. The molecule has 2 rings (SSSR count). The molecular formula is C19H32Cl2N4O. The summed E-state index contributed by atoms with van der Waals surface area (Å²) in [6.07, 6.45) is 1.47. The predicted molar refractivity (Wildman–Crippen MR) is 113 cm³/mol. The number of carbonyl (C=O) groups excluding carboxylic acids is 1. The molecule has 0 aliphatic heterocycles. The van der Waals surface area contributed by atoms with Gasteiger partial charge in [-0.1, -0.05) is 26.0 Å². The molecular weight excluding hydrogens is 371 g/mol. The van der Waals surface area contributed by atoms with Crippen molar-refractivity contribution in [3.05, 3.63) is 30.1 Å². The first-order valence-corrected chi connectivity index (χ1v) is 8.88. The highest BCUT2D eigenvalue weighted by atomic mass is 35.5. The molecule has 1 amide bonds. The third-order valence-corrected chi connectivity index (χ3v) is 5.10. The fraction of sp³-hybridized carbons (Fsp3) is 0.579. The number of nitrogens with one attached hydrogen (secondary N) is 1. The van der Waals surface area contributed by atoms with Crippen molar-refractivity contribution in [3.63, 3.8) is 0 Å². The molecule has 2 aromatic rings. The van der Waals surface area contributed by atoms with E-state index in [1.165, 1.54) is 0 Å². The lowest BCUT2D eigenvalue weighted by Crippen LogP contribution is -2.46. The Hall–Kier alpha value is -1.30. The average molecular weight is 403 g/mol. The van der Waals surface area contributed by atoms with Crippen LogP contribution < -0.4 is 11.1 Å². The van der Waals surface area contributed by atoms with E-state index in [0.29, 0.717) is 6.54 Å². The molecule has 1 heterocycles. The van der Waals surface area contributed by atoms with Gasteiger partial charge in [-0.2, -0.15) is 0 Å². The van der Waals surface area contributed by atoms with Gasteiger partial charge < -0.3 is 15.6 Å². The van der Waals surface area contributed by atoms with Gasteiger partial charge in [-0.05, 0) is 45.7 Å². The lowest BCUT2D eigenvalue weighted by atomic mass is 9.81. The quantitative estimate of drug-likeness (QED) is 0.720. The van der Waals surface area contributed by atoms with Crippen molar-refractivity contribution < 1.29 is 4.79 Å². The van der Waals surface area contributed by atoms with Gasteiger partial charge in [0.25, 0.3) is 0 Å². The maximum absolute atomic E-state index is 12.8. The molecule has 0 saturated carbocycles. The molecule has 3 N–H and O–H groups in total. The van der Waals surface area contributed by atoms with Gasteiger partial charge in [0.1, 0.15) is 5.82 Å². The number of hydrogen-bond acceptors (Lipinski definition) is 3. The Morgan fingerprint density at radius 3 is 2.27 bits per heavy atom. The van der Waals surface area contributed by atoms with E-state index < -0.39 is 5.41 Å². The SMILES string of the molecule is CCC(CC)(CN)C(=O)NC(C)c1nc2ccccc2n1C(C)C.Cl.Cl. The van der Waals surface area contributed by atoms with Gasteiger partial charge in [-0.15, -0.1) is 24.8 Å². The van der Waals surface area contributed by atoms with Crippen LogP contribution in [-0.4, -0.2) is 22.0 Å². The zero-order valence-electron chi connectivity index (χ0n) is 16.3. The van der Waals surface area contributed by atoms with Gasteiger partial charge in [0.2, 0.25) is 5.91 Å². The molecule has 1 atom stereocenters. The van der Waals surface area contributed by atoms with E-state index in [1.807, 2.05) is 39.0 Å². The average Bonchev–Trinajstić information content (AvgIpc) is 2.96. The third-order valence-electron chi connectivity index (χ3n) is 5.10. The van der Waals surface area contributed by atoms with Crippen LogP contribution >= 0.6 is 24.8 Å². The number of hydrogen-bond donors (Lipinski definition) is 2. The summed E-state index contributed by atoms with van der Waals surface area (Å²) in [5.41, 5.74) is 7.46. The summed E-state index contributed by atoms with van der Waals surface area (Å²) in [7, 11) is 0. The summed E-state index contributed by atoms with van der Waals surface area (Å²) < 4.78 is 2.20. The standard InChI is InChI=1S/C19H30N4O.2ClH/c1-6-19(7-2,12-20)18(24)21-14(5)17-22-15-10-8-9-11-16(15)23(17)13(3)4;;/h8-11,13-14H,6-7,12,20H2,1-5H3,(H,21,24);2*1H. The molecule has 1 aromatic carbocycles. The monoisotopic (exact) mass is 402 g/mol. The van der Waals surface area contributed by atoms with E-state index in [0.717, 1.165) is 29.7 Å². The molecule has 0 fully saturated rings. The van der Waals surface area contributed by atoms with Crippen molar-refractivity contribution in [1.29, 1.82) is 0 Å². The molecule has 0 bridgehead atoms. The van der Waals surface area contributed by atoms with E-state index in [9.17, 15) is 4.79 Å². The number of para-hydroxylation sites is 2. The maximum Gasteiger partial charge on any atom is 0.228 e. The number of nitrogens with two attached hydrogens (primary N) is 1. The Balaban J connectivity index is 0.00000312. The van der Waals surface area contributed by atoms with Crippen LogP contribution in [0.5, 0.6) is 0 Å². The molecule has 0 saturated heterocycles. The number of aromatic nitrogens is 2. The van der Waals surface area contributed by atoms with Gasteiger partial charge in [-0.3, -0.25) is 4.79 Å². The minimum absolute atomic E-state index is 0. The van der Waals surface area contributed by atoms with Gasteiger partial charge in [0.05, 0.1) is 22.5 Å². The molecule has 7 heteroatoms. The lowest BCUT2D eigenvalue weighted by molar-refractivity contribution is -0.131. The van der Waals surface area contributed by atoms with Crippen LogP contribution in [0.3, 0.4) is 0 Å². The number of amides is 1. The normalized spacial score (nSPS) is 12.4. The van der Waals surface area contributed by atoms with Gasteiger partial charge in [0.15, 0.2) is 0 Å². The van der Waals surface area contributed by atoms with Crippen LogP contribution in [0.4, 0.5) is 0 Å². The summed E-state index contributed by atoms with van der Waals surface area (Å²) >= 11 is 0. The molecule has 26 heavy (non-hydrogen) atoms. The van der Waals surface area contributed by atoms with Gasteiger partial charge in [0, 0.05) is 12.6 Å². The van der Waals surface area contributed by atoms with Crippen molar-refractivity contribution in [3.8, 4) is 0 Å². The second-order valence-electron chi connectivity index (χ2n) is 6.81. The summed E-state index contributed by atoms with van der Waals surface area (Å²) in [5.74, 6) is 0.905. The predicted octanol–water partition coefficient (Wildman–Crippen LogP) is 4.40. The Bertz CT molecular complexity index is 702. The van der Waals surface area contributed by atoms with E-state index in [2.05, 4.69) is 29.8 Å². The van der Waals surface area contributed by atoms with Gasteiger partial charge >= 0.3 is 0 Å². The van der Waals surface area contributed by atoms with Crippen LogP contribution in [-0.2, 0) is 4.79 Å². The Kier molecular flexibility index (Phi) is 9.64. The van der Waals surface area contributed by atoms with Crippen molar-refractivity contribution >= 4 is 41.8 Å². The highest BCUT2D eigenvalue weighted by Crippen LogP contribution is 2.28. The molecule has 148 valence electrons.